The molecule has 0 aliphatic carbocycles. The molecule has 0 spiro atoms. The molecule has 0 aliphatic rings. The quantitative estimate of drug-likeness (QED) is 0.755. The van der Waals surface area contributed by atoms with Crippen LogP contribution in [0.25, 0.3) is 22.0 Å². The highest BCUT2D eigenvalue weighted by Crippen LogP contribution is 2.26. The van der Waals surface area contributed by atoms with Crippen molar-refractivity contribution in [3.63, 3.8) is 0 Å². The molecule has 1 unspecified atom stereocenters. The molecular formula is C19H15FN2O. The van der Waals surface area contributed by atoms with Crippen molar-refractivity contribution >= 4 is 10.9 Å². The van der Waals surface area contributed by atoms with Crippen LogP contribution in [0.5, 0.6) is 0 Å². The molecule has 0 radical (unpaired) electrons. The molecule has 114 valence electrons. The van der Waals surface area contributed by atoms with E-state index in [1.165, 1.54) is 6.07 Å². The average Bonchev–Trinajstić information content (AvgIpc) is 2.54. The topological polar surface area (TPSA) is 46.0 Å². The number of terminal acetylenes is 1. The number of fused-ring (bicyclic) bond motifs is 1. The largest absolute Gasteiger partial charge is 0.380 e. The number of benzene rings is 2. The molecule has 1 aromatic heterocycles. The molecule has 2 aromatic carbocycles. The van der Waals surface area contributed by atoms with Crippen molar-refractivity contribution in [2.45, 2.75) is 19.4 Å². The van der Waals surface area contributed by atoms with Gasteiger partial charge in [-0.05, 0) is 36.2 Å². The summed E-state index contributed by atoms with van der Waals surface area (Å²) in [5.74, 6) is 2.47. The van der Waals surface area contributed by atoms with Gasteiger partial charge in [0, 0.05) is 23.6 Å². The van der Waals surface area contributed by atoms with Crippen molar-refractivity contribution in [1.82, 2.24) is 9.97 Å². The first-order chi connectivity index (χ1) is 11.1. The molecule has 3 rings (SSSR count). The van der Waals surface area contributed by atoms with Gasteiger partial charge in [0.2, 0.25) is 0 Å². The zero-order valence-corrected chi connectivity index (χ0v) is 12.6. The van der Waals surface area contributed by atoms with Gasteiger partial charge in [0.1, 0.15) is 17.7 Å². The number of nitrogens with zero attached hydrogens (tertiary/aromatic N) is 2. The van der Waals surface area contributed by atoms with Crippen LogP contribution in [0.2, 0.25) is 0 Å². The smallest absolute Gasteiger partial charge is 0.132 e. The summed E-state index contributed by atoms with van der Waals surface area (Å²) in [4.78, 5) is 8.58. The Labute approximate surface area is 133 Å². The zero-order chi connectivity index (χ0) is 16.4. The third-order valence-electron chi connectivity index (χ3n) is 3.63. The SMILES string of the molecule is C#CC(O)Cc1ncc2cc(-c3ccc(C)cc3F)ccc2n1. The van der Waals surface area contributed by atoms with Crippen molar-refractivity contribution in [3.8, 4) is 23.5 Å². The number of hydrogen-bond donors (Lipinski definition) is 1. The summed E-state index contributed by atoms with van der Waals surface area (Å²) in [6.07, 6.45) is 6.13. The molecule has 0 bridgehead atoms. The van der Waals surface area contributed by atoms with Crippen LogP contribution in [0.15, 0.2) is 42.6 Å². The van der Waals surface area contributed by atoms with E-state index >= 15 is 0 Å². The lowest BCUT2D eigenvalue weighted by Gasteiger charge is -2.07. The lowest BCUT2D eigenvalue weighted by Crippen LogP contribution is -2.09. The van der Waals surface area contributed by atoms with Gasteiger partial charge in [0.25, 0.3) is 0 Å². The average molecular weight is 306 g/mol. The van der Waals surface area contributed by atoms with E-state index in [2.05, 4.69) is 15.9 Å². The third-order valence-corrected chi connectivity index (χ3v) is 3.63. The summed E-state index contributed by atoms with van der Waals surface area (Å²) in [7, 11) is 0. The number of hydrogen-bond acceptors (Lipinski definition) is 3. The molecule has 1 N–H and O–H groups in total. The Balaban J connectivity index is 2.00. The number of aliphatic hydroxyl groups excluding tert-OH is 1. The van der Waals surface area contributed by atoms with Gasteiger partial charge in [-0.15, -0.1) is 6.42 Å². The van der Waals surface area contributed by atoms with E-state index in [1.54, 1.807) is 12.3 Å². The summed E-state index contributed by atoms with van der Waals surface area (Å²) in [5.41, 5.74) is 2.93. The van der Waals surface area contributed by atoms with Crippen molar-refractivity contribution in [2.24, 2.45) is 0 Å². The maximum Gasteiger partial charge on any atom is 0.132 e. The van der Waals surface area contributed by atoms with E-state index in [9.17, 15) is 9.50 Å². The Morgan fingerprint density at radius 1 is 1.26 bits per heavy atom. The number of aryl methyl sites for hydroxylation is 1. The number of aromatic nitrogens is 2. The molecule has 0 amide bonds. The summed E-state index contributed by atoms with van der Waals surface area (Å²) in [6, 6.07) is 10.7. The molecule has 3 aromatic rings. The van der Waals surface area contributed by atoms with Crippen LogP contribution < -0.4 is 0 Å². The highest BCUT2D eigenvalue weighted by atomic mass is 19.1. The Morgan fingerprint density at radius 2 is 2.09 bits per heavy atom. The van der Waals surface area contributed by atoms with Gasteiger partial charge >= 0.3 is 0 Å². The molecular weight excluding hydrogens is 291 g/mol. The predicted molar refractivity (Wildman–Crippen MR) is 88.2 cm³/mol. The molecule has 0 saturated carbocycles. The Bertz CT molecular complexity index is 915. The van der Waals surface area contributed by atoms with Gasteiger partial charge in [-0.2, -0.15) is 0 Å². The van der Waals surface area contributed by atoms with E-state index in [-0.39, 0.29) is 12.2 Å². The Hall–Kier alpha value is -2.77. The second-order valence-corrected chi connectivity index (χ2v) is 5.43. The molecule has 23 heavy (non-hydrogen) atoms. The summed E-state index contributed by atoms with van der Waals surface area (Å²) < 4.78 is 14.1. The van der Waals surface area contributed by atoms with Gasteiger partial charge < -0.3 is 5.11 Å². The minimum Gasteiger partial charge on any atom is -0.380 e. The van der Waals surface area contributed by atoms with Crippen LogP contribution in [0.1, 0.15) is 11.4 Å². The molecule has 0 aliphatic heterocycles. The van der Waals surface area contributed by atoms with Crippen molar-refractivity contribution in [1.29, 1.82) is 0 Å². The monoisotopic (exact) mass is 306 g/mol. The normalized spacial score (nSPS) is 12.1. The number of rotatable bonds is 3. The van der Waals surface area contributed by atoms with Crippen LogP contribution in [0.3, 0.4) is 0 Å². The second kappa shape index (κ2) is 6.15. The Kier molecular flexibility index (Phi) is 4.05. The fraction of sp³-hybridized carbons (Fsp3) is 0.158. The molecule has 1 heterocycles. The van der Waals surface area contributed by atoms with Crippen LogP contribution in [0.4, 0.5) is 4.39 Å². The summed E-state index contributed by atoms with van der Waals surface area (Å²) in [5, 5.41) is 10.3. The van der Waals surface area contributed by atoms with Gasteiger partial charge in [0.05, 0.1) is 5.52 Å². The molecule has 0 saturated heterocycles. The van der Waals surface area contributed by atoms with Crippen molar-refractivity contribution < 1.29 is 9.50 Å². The molecule has 0 fully saturated rings. The van der Waals surface area contributed by atoms with E-state index in [0.29, 0.717) is 11.4 Å². The van der Waals surface area contributed by atoms with Crippen LogP contribution in [0, 0.1) is 25.1 Å². The zero-order valence-electron chi connectivity index (χ0n) is 12.6. The number of aliphatic hydroxyl groups is 1. The highest BCUT2D eigenvalue weighted by molar-refractivity contribution is 5.84. The van der Waals surface area contributed by atoms with E-state index in [0.717, 1.165) is 22.0 Å². The lowest BCUT2D eigenvalue weighted by molar-refractivity contribution is 0.231. The molecule has 3 nitrogen and oxygen atoms in total. The molecule has 4 heteroatoms. The van der Waals surface area contributed by atoms with Crippen molar-refractivity contribution in [3.05, 3.63) is 59.8 Å². The maximum absolute atomic E-state index is 14.1. The first-order valence-electron chi connectivity index (χ1n) is 7.23. The van der Waals surface area contributed by atoms with Gasteiger partial charge in [0.15, 0.2) is 0 Å². The van der Waals surface area contributed by atoms with Gasteiger partial charge in [-0.3, -0.25) is 0 Å². The van der Waals surface area contributed by atoms with Crippen LogP contribution >= 0.6 is 0 Å². The maximum atomic E-state index is 14.1. The summed E-state index contributed by atoms with van der Waals surface area (Å²) >= 11 is 0. The van der Waals surface area contributed by atoms with E-state index in [4.69, 9.17) is 6.42 Å². The van der Waals surface area contributed by atoms with Crippen molar-refractivity contribution in [2.75, 3.05) is 0 Å². The standard InChI is InChI=1S/C19H15FN2O/c1-3-15(23)10-19-21-11-14-9-13(5-7-18(14)22-19)16-6-4-12(2)8-17(16)20/h1,4-9,11,15,23H,10H2,2H3. The van der Waals surface area contributed by atoms with Gasteiger partial charge in [-0.1, -0.05) is 24.1 Å². The van der Waals surface area contributed by atoms with Crippen LogP contribution in [-0.2, 0) is 6.42 Å². The van der Waals surface area contributed by atoms with E-state index in [1.807, 2.05) is 31.2 Å². The minimum atomic E-state index is -0.895. The predicted octanol–water partition coefficient (Wildman–Crippen LogP) is 3.28. The molecule has 1 atom stereocenters. The first-order valence-corrected chi connectivity index (χ1v) is 7.23. The minimum absolute atomic E-state index is 0.209. The second-order valence-electron chi connectivity index (χ2n) is 5.43. The van der Waals surface area contributed by atoms with Crippen LogP contribution in [-0.4, -0.2) is 21.2 Å². The fourth-order valence-corrected chi connectivity index (χ4v) is 2.42. The van der Waals surface area contributed by atoms with Gasteiger partial charge in [-0.25, -0.2) is 14.4 Å². The highest BCUT2D eigenvalue weighted by Gasteiger charge is 2.09. The first kappa shape index (κ1) is 15.1. The lowest BCUT2D eigenvalue weighted by atomic mass is 10.0. The van der Waals surface area contributed by atoms with E-state index < -0.39 is 6.10 Å². The summed E-state index contributed by atoms with van der Waals surface area (Å²) in [6.45, 7) is 1.85. The number of halogens is 1. The Morgan fingerprint density at radius 3 is 2.83 bits per heavy atom. The fourth-order valence-electron chi connectivity index (χ4n) is 2.42. The third kappa shape index (κ3) is 3.20.